The minimum absolute atomic E-state index is 0.156. The summed E-state index contributed by atoms with van der Waals surface area (Å²) in [5, 5.41) is 5.70. The van der Waals surface area contributed by atoms with Crippen LogP contribution in [0, 0.1) is 0 Å². The first kappa shape index (κ1) is 21.1. The van der Waals surface area contributed by atoms with Crippen molar-refractivity contribution < 1.29 is 4.74 Å². The monoisotopic (exact) mass is 487 g/mol. The molecule has 4 rings (SSSR count). The minimum atomic E-state index is -0.156. The molecule has 0 radical (unpaired) electrons. The first-order valence-corrected chi connectivity index (χ1v) is 11.4. The molecule has 2 aromatic carbocycles. The molecule has 0 atom stereocenters. The molecule has 0 unspecified atom stereocenters. The molecular weight excluding hydrogens is 466 g/mol. The van der Waals surface area contributed by atoms with E-state index in [4.69, 9.17) is 21.3 Å². The molecule has 0 spiro atoms. The summed E-state index contributed by atoms with van der Waals surface area (Å²) in [5.74, 6) is 1.60. The van der Waals surface area contributed by atoms with Crippen molar-refractivity contribution in [2.75, 3.05) is 6.61 Å². The third-order valence-electron chi connectivity index (χ3n) is 5.39. The number of benzene rings is 2. The molecule has 1 heterocycles. The molecule has 0 bridgehead atoms. The maximum Gasteiger partial charge on any atom is 0.282 e. The largest absolute Gasteiger partial charge is 0.492 e. The standard InChI is InChI=1S/C23H23BrClN3O2/c1-2-30-21-16(12-17(25)13-19(21)24)14-26-28-22(15-8-4-3-5-9-15)27-20-11-7-6-10-18(20)23(28)29/h6-7,10-15H,2-5,8-9H2,1H3. The summed E-state index contributed by atoms with van der Waals surface area (Å²) in [6.07, 6.45) is 7.19. The molecule has 1 saturated carbocycles. The van der Waals surface area contributed by atoms with Gasteiger partial charge in [0, 0.05) is 16.5 Å². The lowest BCUT2D eigenvalue weighted by Gasteiger charge is -2.22. The Kier molecular flexibility index (Phi) is 6.54. The van der Waals surface area contributed by atoms with Crippen LogP contribution in [0.4, 0.5) is 0 Å². The van der Waals surface area contributed by atoms with Gasteiger partial charge in [-0.15, -0.1) is 0 Å². The molecule has 3 aromatic rings. The van der Waals surface area contributed by atoms with Crippen LogP contribution in [0.25, 0.3) is 10.9 Å². The fraction of sp³-hybridized carbons (Fsp3) is 0.348. The number of hydrogen-bond donors (Lipinski definition) is 0. The first-order chi connectivity index (χ1) is 14.6. The van der Waals surface area contributed by atoms with Crippen LogP contribution < -0.4 is 10.3 Å². The van der Waals surface area contributed by atoms with Crippen molar-refractivity contribution in [2.24, 2.45) is 5.10 Å². The fourth-order valence-electron chi connectivity index (χ4n) is 3.97. The second kappa shape index (κ2) is 9.31. The first-order valence-electron chi connectivity index (χ1n) is 10.3. The third-order valence-corrected chi connectivity index (χ3v) is 6.19. The van der Waals surface area contributed by atoms with Crippen molar-refractivity contribution in [3.8, 4) is 5.75 Å². The van der Waals surface area contributed by atoms with Crippen LogP contribution in [0.1, 0.15) is 56.3 Å². The van der Waals surface area contributed by atoms with Gasteiger partial charge in [0.1, 0.15) is 11.6 Å². The Morgan fingerprint density at radius 3 is 2.80 bits per heavy atom. The molecule has 1 aliphatic carbocycles. The van der Waals surface area contributed by atoms with Crippen molar-refractivity contribution in [1.29, 1.82) is 0 Å². The molecule has 1 aromatic heterocycles. The highest BCUT2D eigenvalue weighted by Crippen LogP contribution is 2.33. The number of fused-ring (bicyclic) bond motifs is 1. The molecule has 1 fully saturated rings. The fourth-order valence-corrected chi connectivity index (χ4v) is 4.92. The third kappa shape index (κ3) is 4.30. The second-order valence-corrected chi connectivity index (χ2v) is 8.71. The van der Waals surface area contributed by atoms with Gasteiger partial charge in [0.2, 0.25) is 0 Å². The molecule has 0 amide bonds. The van der Waals surface area contributed by atoms with E-state index < -0.39 is 0 Å². The maximum absolute atomic E-state index is 13.3. The summed E-state index contributed by atoms with van der Waals surface area (Å²) in [6, 6.07) is 11.0. The average molecular weight is 489 g/mol. The van der Waals surface area contributed by atoms with Gasteiger partial charge in [-0.25, -0.2) is 4.98 Å². The molecule has 0 N–H and O–H groups in total. The smallest absolute Gasteiger partial charge is 0.282 e. The van der Waals surface area contributed by atoms with Crippen LogP contribution in [0.3, 0.4) is 0 Å². The maximum atomic E-state index is 13.3. The zero-order chi connectivity index (χ0) is 21.1. The van der Waals surface area contributed by atoms with Crippen molar-refractivity contribution in [3.63, 3.8) is 0 Å². The van der Waals surface area contributed by atoms with Gasteiger partial charge in [-0.05, 0) is 60.0 Å². The quantitative estimate of drug-likeness (QED) is 0.405. The predicted molar refractivity (Wildman–Crippen MR) is 125 cm³/mol. The van der Waals surface area contributed by atoms with Crippen LogP contribution >= 0.6 is 27.5 Å². The summed E-state index contributed by atoms with van der Waals surface area (Å²) in [5.41, 5.74) is 1.26. The molecule has 156 valence electrons. The molecule has 0 saturated heterocycles. The van der Waals surface area contributed by atoms with Gasteiger partial charge in [0.15, 0.2) is 0 Å². The van der Waals surface area contributed by atoms with Crippen LogP contribution in [-0.4, -0.2) is 22.5 Å². The highest BCUT2D eigenvalue weighted by molar-refractivity contribution is 9.10. The predicted octanol–water partition coefficient (Wildman–Crippen LogP) is 6.14. The van der Waals surface area contributed by atoms with Gasteiger partial charge in [-0.3, -0.25) is 4.79 Å². The van der Waals surface area contributed by atoms with E-state index in [9.17, 15) is 4.79 Å². The van der Waals surface area contributed by atoms with Gasteiger partial charge in [-0.1, -0.05) is 43.0 Å². The lowest BCUT2D eigenvalue weighted by molar-refractivity contribution is 0.337. The number of para-hydroxylation sites is 1. The molecule has 1 aliphatic rings. The van der Waals surface area contributed by atoms with E-state index >= 15 is 0 Å². The van der Waals surface area contributed by atoms with E-state index in [0.717, 1.165) is 41.5 Å². The van der Waals surface area contributed by atoms with E-state index in [1.165, 1.54) is 11.1 Å². The van der Waals surface area contributed by atoms with Crippen LogP contribution in [-0.2, 0) is 0 Å². The summed E-state index contributed by atoms with van der Waals surface area (Å²) >= 11 is 9.74. The molecule has 5 nitrogen and oxygen atoms in total. The Morgan fingerprint density at radius 1 is 1.27 bits per heavy atom. The van der Waals surface area contributed by atoms with Gasteiger partial charge in [0.25, 0.3) is 5.56 Å². The Bertz CT molecular complexity index is 1150. The highest BCUT2D eigenvalue weighted by atomic mass is 79.9. The topological polar surface area (TPSA) is 56.5 Å². The number of ether oxygens (including phenoxy) is 1. The zero-order valence-corrected chi connectivity index (χ0v) is 19.1. The van der Waals surface area contributed by atoms with E-state index in [-0.39, 0.29) is 11.5 Å². The zero-order valence-electron chi connectivity index (χ0n) is 16.8. The average Bonchev–Trinajstić information content (AvgIpc) is 2.76. The Labute approximate surface area is 188 Å². The molecular formula is C23H23BrClN3O2. The summed E-state index contributed by atoms with van der Waals surface area (Å²) in [4.78, 5) is 18.1. The van der Waals surface area contributed by atoms with Crippen molar-refractivity contribution in [2.45, 2.75) is 44.9 Å². The van der Waals surface area contributed by atoms with Crippen molar-refractivity contribution in [1.82, 2.24) is 9.66 Å². The molecule has 7 heteroatoms. The molecule has 0 aliphatic heterocycles. The normalized spacial score (nSPS) is 15.2. The number of halogens is 2. The number of rotatable bonds is 5. The Balaban J connectivity index is 1.86. The Morgan fingerprint density at radius 2 is 2.03 bits per heavy atom. The Hall–Kier alpha value is -2.18. The van der Waals surface area contributed by atoms with Crippen LogP contribution in [0.2, 0.25) is 5.02 Å². The van der Waals surface area contributed by atoms with Crippen molar-refractivity contribution >= 4 is 44.6 Å². The summed E-state index contributed by atoms with van der Waals surface area (Å²) in [7, 11) is 0. The highest BCUT2D eigenvalue weighted by Gasteiger charge is 2.22. The minimum Gasteiger partial charge on any atom is -0.492 e. The summed E-state index contributed by atoms with van der Waals surface area (Å²) < 4.78 is 7.96. The van der Waals surface area contributed by atoms with Crippen LogP contribution in [0.15, 0.2) is 50.8 Å². The number of nitrogens with zero attached hydrogens (tertiary/aromatic N) is 3. The van der Waals surface area contributed by atoms with Gasteiger partial charge >= 0.3 is 0 Å². The number of aromatic nitrogens is 2. The van der Waals surface area contributed by atoms with E-state index in [1.54, 1.807) is 24.4 Å². The molecule has 30 heavy (non-hydrogen) atoms. The number of hydrogen-bond acceptors (Lipinski definition) is 4. The summed E-state index contributed by atoms with van der Waals surface area (Å²) in [6.45, 7) is 2.42. The second-order valence-electron chi connectivity index (χ2n) is 7.42. The van der Waals surface area contributed by atoms with Gasteiger partial charge < -0.3 is 4.74 Å². The van der Waals surface area contributed by atoms with Gasteiger partial charge in [0.05, 0.1) is 28.2 Å². The van der Waals surface area contributed by atoms with Gasteiger partial charge in [-0.2, -0.15) is 9.78 Å². The van der Waals surface area contributed by atoms with E-state index in [2.05, 4.69) is 21.0 Å². The SMILES string of the molecule is CCOc1c(Br)cc(Cl)cc1C=Nn1c(C2CCCCC2)nc2ccccc2c1=O. The van der Waals surface area contributed by atoms with E-state index in [1.807, 2.05) is 25.1 Å². The lowest BCUT2D eigenvalue weighted by atomic mass is 9.88. The van der Waals surface area contributed by atoms with E-state index in [0.29, 0.717) is 28.3 Å². The lowest BCUT2D eigenvalue weighted by Crippen LogP contribution is -2.25. The van der Waals surface area contributed by atoms with Crippen LogP contribution in [0.5, 0.6) is 5.75 Å². The van der Waals surface area contributed by atoms with Crippen molar-refractivity contribution in [3.05, 3.63) is 67.6 Å².